The molecule has 0 saturated carbocycles. The lowest BCUT2D eigenvalue weighted by Gasteiger charge is -2.15. The van der Waals surface area contributed by atoms with Crippen LogP contribution >= 0.6 is 0 Å². The Morgan fingerprint density at radius 3 is 2.43 bits per heavy atom. The summed E-state index contributed by atoms with van der Waals surface area (Å²) in [6.45, 7) is -0.161. The number of alkyl halides is 3. The fourth-order valence-electron chi connectivity index (χ4n) is 1.24. The van der Waals surface area contributed by atoms with Crippen LogP contribution in [0.25, 0.3) is 0 Å². The summed E-state index contributed by atoms with van der Waals surface area (Å²) >= 11 is 0. The first kappa shape index (κ1) is 10.8. The second-order valence-electron chi connectivity index (χ2n) is 2.70. The van der Waals surface area contributed by atoms with Crippen molar-refractivity contribution in [1.29, 1.82) is 0 Å². The number of hydrogen-bond donors (Lipinski definition) is 1. The number of hydrogen-bond acceptors (Lipinski definition) is 2. The highest BCUT2D eigenvalue weighted by atomic mass is 19.4. The van der Waals surface area contributed by atoms with Gasteiger partial charge < -0.3 is 10.5 Å². The number of methoxy groups -OCH3 is 1. The quantitative estimate of drug-likeness (QED) is 0.803. The Hall–Kier alpha value is -1.23. The molecule has 0 aliphatic carbocycles. The van der Waals surface area contributed by atoms with E-state index in [1.807, 2.05) is 0 Å². The Kier molecular flexibility index (Phi) is 3.00. The van der Waals surface area contributed by atoms with Crippen LogP contribution in [-0.2, 0) is 12.7 Å². The largest absolute Gasteiger partial charge is 0.496 e. The second kappa shape index (κ2) is 3.88. The summed E-state index contributed by atoms with van der Waals surface area (Å²) in [6, 6.07) is 4.09. The summed E-state index contributed by atoms with van der Waals surface area (Å²) in [5, 5.41) is 0. The van der Waals surface area contributed by atoms with E-state index >= 15 is 0 Å². The fourth-order valence-corrected chi connectivity index (χ4v) is 1.24. The van der Waals surface area contributed by atoms with Gasteiger partial charge in [0.15, 0.2) is 0 Å². The lowest BCUT2D eigenvalue weighted by molar-refractivity contribution is -0.139. The van der Waals surface area contributed by atoms with Crippen molar-refractivity contribution in [3.63, 3.8) is 0 Å². The average molecular weight is 205 g/mol. The first-order valence-corrected chi connectivity index (χ1v) is 3.94. The van der Waals surface area contributed by atoms with E-state index in [4.69, 9.17) is 5.73 Å². The molecule has 0 aromatic heterocycles. The van der Waals surface area contributed by atoms with E-state index in [0.29, 0.717) is 0 Å². The first-order valence-electron chi connectivity index (χ1n) is 3.94. The van der Waals surface area contributed by atoms with Gasteiger partial charge >= 0.3 is 6.18 Å². The van der Waals surface area contributed by atoms with Gasteiger partial charge in [0.2, 0.25) is 0 Å². The molecule has 0 spiro atoms. The zero-order valence-electron chi connectivity index (χ0n) is 7.56. The minimum atomic E-state index is -4.43. The van der Waals surface area contributed by atoms with Gasteiger partial charge in [-0.3, -0.25) is 0 Å². The first-order chi connectivity index (χ1) is 6.50. The van der Waals surface area contributed by atoms with Crippen LogP contribution in [0.5, 0.6) is 5.75 Å². The molecule has 5 heteroatoms. The minimum Gasteiger partial charge on any atom is -0.496 e. The van der Waals surface area contributed by atoms with Gasteiger partial charge in [-0.1, -0.05) is 12.1 Å². The van der Waals surface area contributed by atoms with Gasteiger partial charge in [0.05, 0.1) is 7.11 Å². The summed E-state index contributed by atoms with van der Waals surface area (Å²) < 4.78 is 42.3. The van der Waals surface area contributed by atoms with Crippen molar-refractivity contribution in [2.75, 3.05) is 7.11 Å². The fraction of sp³-hybridized carbons (Fsp3) is 0.333. The predicted octanol–water partition coefficient (Wildman–Crippen LogP) is 2.17. The van der Waals surface area contributed by atoms with Crippen LogP contribution in [0.3, 0.4) is 0 Å². The van der Waals surface area contributed by atoms with Crippen LogP contribution in [0.15, 0.2) is 18.2 Å². The molecule has 0 bridgehead atoms. The van der Waals surface area contributed by atoms with Gasteiger partial charge in [0.1, 0.15) is 11.3 Å². The number of halogens is 3. The van der Waals surface area contributed by atoms with Crippen LogP contribution in [0.2, 0.25) is 0 Å². The molecule has 0 aliphatic rings. The summed E-state index contributed by atoms with van der Waals surface area (Å²) in [7, 11) is 1.20. The highest BCUT2D eigenvalue weighted by molar-refractivity contribution is 5.42. The Morgan fingerprint density at radius 2 is 2.00 bits per heavy atom. The standard InChI is InChI=1S/C9H10F3NO/c1-14-7-4-2-3-6(5-13)8(7)9(10,11)12/h2-4H,5,13H2,1H3. The third-order valence-electron chi connectivity index (χ3n) is 1.84. The third kappa shape index (κ3) is 1.98. The van der Waals surface area contributed by atoms with Gasteiger partial charge in [0.25, 0.3) is 0 Å². The smallest absolute Gasteiger partial charge is 0.420 e. The van der Waals surface area contributed by atoms with Gasteiger partial charge in [-0.25, -0.2) is 0 Å². The van der Waals surface area contributed by atoms with Crippen molar-refractivity contribution >= 4 is 0 Å². The lowest BCUT2D eigenvalue weighted by Crippen LogP contribution is -2.13. The average Bonchev–Trinajstić information content (AvgIpc) is 2.15. The van der Waals surface area contributed by atoms with Crippen LogP contribution in [0, 0.1) is 0 Å². The molecule has 0 heterocycles. The van der Waals surface area contributed by atoms with E-state index in [2.05, 4.69) is 4.74 Å². The maximum atomic E-state index is 12.5. The van der Waals surface area contributed by atoms with Gasteiger partial charge in [-0.15, -0.1) is 0 Å². The molecule has 0 fully saturated rings. The molecular formula is C9H10F3NO. The van der Waals surface area contributed by atoms with Crippen molar-refractivity contribution < 1.29 is 17.9 Å². The maximum Gasteiger partial charge on any atom is 0.420 e. The molecular weight excluding hydrogens is 195 g/mol. The molecule has 1 rings (SSSR count). The van der Waals surface area contributed by atoms with Crippen LogP contribution in [-0.4, -0.2) is 7.11 Å². The Labute approximate surface area is 79.5 Å². The topological polar surface area (TPSA) is 35.2 Å². The number of benzene rings is 1. The molecule has 0 radical (unpaired) electrons. The predicted molar refractivity (Wildman–Crippen MR) is 45.9 cm³/mol. The normalized spacial score (nSPS) is 11.5. The van der Waals surface area contributed by atoms with Crippen molar-refractivity contribution in [3.8, 4) is 5.75 Å². The van der Waals surface area contributed by atoms with Gasteiger partial charge in [0, 0.05) is 6.54 Å². The minimum absolute atomic E-state index is 0.0388. The lowest BCUT2D eigenvalue weighted by atomic mass is 10.1. The molecule has 1 aromatic carbocycles. The van der Waals surface area contributed by atoms with Crippen molar-refractivity contribution in [2.24, 2.45) is 5.73 Å². The van der Waals surface area contributed by atoms with Crippen LogP contribution in [0.1, 0.15) is 11.1 Å². The molecule has 0 saturated heterocycles. The maximum absolute atomic E-state index is 12.5. The number of ether oxygens (including phenoxy) is 1. The zero-order valence-corrected chi connectivity index (χ0v) is 7.56. The third-order valence-corrected chi connectivity index (χ3v) is 1.84. The molecule has 0 atom stereocenters. The Bertz CT molecular complexity index is 300. The van der Waals surface area contributed by atoms with Crippen LogP contribution in [0.4, 0.5) is 13.2 Å². The molecule has 0 amide bonds. The van der Waals surface area contributed by atoms with E-state index in [1.165, 1.54) is 25.3 Å². The molecule has 14 heavy (non-hydrogen) atoms. The van der Waals surface area contributed by atoms with E-state index in [1.54, 1.807) is 0 Å². The summed E-state index contributed by atoms with van der Waals surface area (Å²) in [5.41, 5.74) is 4.47. The van der Waals surface area contributed by atoms with Crippen molar-refractivity contribution in [3.05, 3.63) is 29.3 Å². The van der Waals surface area contributed by atoms with Gasteiger partial charge in [-0.2, -0.15) is 13.2 Å². The number of nitrogens with two attached hydrogens (primary N) is 1. The molecule has 0 unspecified atom stereocenters. The number of rotatable bonds is 2. The van der Waals surface area contributed by atoms with Crippen molar-refractivity contribution in [2.45, 2.75) is 12.7 Å². The molecule has 2 nitrogen and oxygen atoms in total. The van der Waals surface area contributed by atoms with E-state index in [-0.39, 0.29) is 17.9 Å². The van der Waals surface area contributed by atoms with Crippen molar-refractivity contribution in [1.82, 2.24) is 0 Å². The van der Waals surface area contributed by atoms with E-state index < -0.39 is 11.7 Å². The van der Waals surface area contributed by atoms with E-state index in [9.17, 15) is 13.2 Å². The summed E-state index contributed by atoms with van der Waals surface area (Å²) in [6.07, 6.45) is -4.43. The SMILES string of the molecule is COc1cccc(CN)c1C(F)(F)F. The second-order valence-corrected chi connectivity index (χ2v) is 2.70. The highest BCUT2D eigenvalue weighted by Gasteiger charge is 2.36. The monoisotopic (exact) mass is 205 g/mol. The van der Waals surface area contributed by atoms with Gasteiger partial charge in [-0.05, 0) is 11.6 Å². The highest BCUT2D eigenvalue weighted by Crippen LogP contribution is 2.38. The molecule has 1 aromatic rings. The molecule has 2 N–H and O–H groups in total. The summed E-state index contributed by atoms with van der Waals surface area (Å²) in [5.74, 6) is -0.194. The zero-order chi connectivity index (χ0) is 10.8. The van der Waals surface area contributed by atoms with E-state index in [0.717, 1.165) is 0 Å². The Balaban J connectivity index is 3.34. The molecule has 78 valence electrons. The van der Waals surface area contributed by atoms with Crippen LogP contribution < -0.4 is 10.5 Å². The Morgan fingerprint density at radius 1 is 1.36 bits per heavy atom. The summed E-state index contributed by atoms with van der Waals surface area (Å²) in [4.78, 5) is 0. The molecule has 0 aliphatic heterocycles.